The number of para-hydroxylation sites is 4. The monoisotopic (exact) mass is 946 g/mol. The van der Waals surface area contributed by atoms with Crippen molar-refractivity contribution in [3.8, 4) is 68.3 Å². The molecule has 74 heavy (non-hydrogen) atoms. The van der Waals surface area contributed by atoms with Gasteiger partial charge in [-0.25, -0.2) is 9.97 Å². The highest BCUT2D eigenvalue weighted by atomic mass is 15.2. The van der Waals surface area contributed by atoms with Crippen LogP contribution in [0.25, 0.3) is 134 Å². The molecule has 0 spiro atoms. The maximum absolute atomic E-state index is 5.55. The van der Waals surface area contributed by atoms with E-state index in [1.807, 2.05) is 60.7 Å². The van der Waals surface area contributed by atoms with Gasteiger partial charge in [0.2, 0.25) is 5.95 Å². The van der Waals surface area contributed by atoms with Crippen LogP contribution >= 0.6 is 0 Å². The van der Waals surface area contributed by atoms with Gasteiger partial charge in [0, 0.05) is 60.7 Å². The zero-order chi connectivity index (χ0) is 48.7. The standard InChI is InChI=1S/C66H42N8/c1-7-21-43(22-8-1)62-67-63(44-23-9-2-10-24-44)69-66(68-62)74-56-34-20-19-33-51(56)52-39-46(36-38-58(52)74)47-35-37-57-53(40-47)54-41-55-60(42-59(54)71(57)48-27-13-4-14-28-48)72(49-29-15-5-16-30-49)65-61(55)73(50-31-17-6-18-32-50)64(70-65)45-25-11-3-12-26-45/h1-42H. The second kappa shape index (κ2) is 16.7. The maximum Gasteiger partial charge on any atom is 0.238 e. The first kappa shape index (κ1) is 41.6. The van der Waals surface area contributed by atoms with Crippen molar-refractivity contribution in [2.24, 2.45) is 0 Å². The van der Waals surface area contributed by atoms with Crippen LogP contribution in [0.15, 0.2) is 255 Å². The Bertz CT molecular complexity index is 4560. The maximum atomic E-state index is 5.55. The molecule has 5 aromatic heterocycles. The van der Waals surface area contributed by atoms with Gasteiger partial charge in [-0.05, 0) is 90.0 Å². The molecule has 0 saturated carbocycles. The molecule has 0 bridgehead atoms. The fourth-order valence-electron chi connectivity index (χ4n) is 11.1. The van der Waals surface area contributed by atoms with Crippen LogP contribution in [-0.4, -0.2) is 38.2 Å². The van der Waals surface area contributed by atoms with E-state index in [4.69, 9.17) is 19.9 Å². The lowest BCUT2D eigenvalue weighted by Gasteiger charge is -2.11. The minimum absolute atomic E-state index is 0.567. The molecule has 0 unspecified atom stereocenters. The highest BCUT2D eigenvalue weighted by Gasteiger charge is 2.26. The van der Waals surface area contributed by atoms with Crippen LogP contribution in [-0.2, 0) is 0 Å². The first-order valence-electron chi connectivity index (χ1n) is 24.9. The summed E-state index contributed by atoms with van der Waals surface area (Å²) in [7, 11) is 0. The van der Waals surface area contributed by atoms with Crippen molar-refractivity contribution >= 4 is 65.7 Å². The lowest BCUT2D eigenvalue weighted by Crippen LogP contribution is -2.06. The third-order valence-electron chi connectivity index (χ3n) is 14.4. The van der Waals surface area contributed by atoms with E-state index < -0.39 is 0 Å². The fourth-order valence-corrected chi connectivity index (χ4v) is 11.1. The molecule has 0 radical (unpaired) electrons. The SMILES string of the molecule is c1ccc(-c2nc(-c3ccccc3)nc(-n3c4ccccc4c4cc(-c5ccc6c(c5)c5cc7c8c(nc(-c9ccccc9)n8-c8ccccc8)n(-c8ccccc8)c7cc5n6-c5ccccc5)ccc43)n2)cc1. The second-order valence-electron chi connectivity index (χ2n) is 18.7. The largest absolute Gasteiger partial charge is 0.309 e. The Morgan fingerprint density at radius 1 is 0.243 bits per heavy atom. The molecule has 8 heteroatoms. The molecule has 346 valence electrons. The van der Waals surface area contributed by atoms with Crippen LogP contribution in [0.2, 0.25) is 0 Å². The Hall–Kier alpha value is -10.2. The van der Waals surface area contributed by atoms with E-state index in [1.54, 1.807) is 0 Å². The summed E-state index contributed by atoms with van der Waals surface area (Å²) in [5.41, 5.74) is 15.6. The first-order chi connectivity index (χ1) is 36.7. The molecule has 0 amide bonds. The minimum Gasteiger partial charge on any atom is -0.309 e. The summed E-state index contributed by atoms with van der Waals surface area (Å²) in [6, 6.07) is 89.8. The van der Waals surface area contributed by atoms with Gasteiger partial charge in [-0.3, -0.25) is 13.7 Å². The summed E-state index contributed by atoms with van der Waals surface area (Å²) < 4.78 is 9.27. The average Bonchev–Trinajstić information content (AvgIpc) is 4.21. The van der Waals surface area contributed by atoms with Gasteiger partial charge in [0.15, 0.2) is 17.3 Å². The number of nitrogens with zero attached hydrogens (tertiary/aromatic N) is 8. The normalized spacial score (nSPS) is 11.8. The van der Waals surface area contributed by atoms with Crippen molar-refractivity contribution in [3.63, 3.8) is 0 Å². The van der Waals surface area contributed by atoms with Gasteiger partial charge >= 0.3 is 0 Å². The van der Waals surface area contributed by atoms with Crippen molar-refractivity contribution in [2.75, 3.05) is 0 Å². The van der Waals surface area contributed by atoms with E-state index in [1.165, 1.54) is 0 Å². The molecule has 8 nitrogen and oxygen atoms in total. The van der Waals surface area contributed by atoms with Crippen LogP contribution in [0.5, 0.6) is 0 Å². The van der Waals surface area contributed by atoms with Crippen molar-refractivity contribution in [3.05, 3.63) is 255 Å². The van der Waals surface area contributed by atoms with Gasteiger partial charge in [0.1, 0.15) is 11.3 Å². The van der Waals surface area contributed by atoms with Crippen molar-refractivity contribution in [1.29, 1.82) is 0 Å². The number of imidazole rings is 1. The molecule has 0 N–H and O–H groups in total. The Labute approximate surface area is 425 Å². The third-order valence-corrected chi connectivity index (χ3v) is 14.4. The van der Waals surface area contributed by atoms with Crippen LogP contribution in [0.1, 0.15) is 0 Å². The van der Waals surface area contributed by atoms with E-state index >= 15 is 0 Å². The van der Waals surface area contributed by atoms with Crippen LogP contribution in [0.4, 0.5) is 0 Å². The third kappa shape index (κ3) is 6.55. The molecule has 0 fully saturated rings. The van der Waals surface area contributed by atoms with Crippen molar-refractivity contribution < 1.29 is 0 Å². The summed E-state index contributed by atoms with van der Waals surface area (Å²) in [5, 5.41) is 5.66. The molecule has 10 aromatic carbocycles. The Morgan fingerprint density at radius 2 is 0.676 bits per heavy atom. The Morgan fingerprint density at radius 3 is 1.26 bits per heavy atom. The molecule has 0 saturated heterocycles. The number of benzene rings is 10. The zero-order valence-electron chi connectivity index (χ0n) is 39.8. The van der Waals surface area contributed by atoms with Crippen molar-refractivity contribution in [1.82, 2.24) is 38.2 Å². The van der Waals surface area contributed by atoms with Crippen molar-refractivity contribution in [2.45, 2.75) is 0 Å². The molecule has 0 aliphatic rings. The van der Waals surface area contributed by atoms with Crippen LogP contribution in [0, 0.1) is 0 Å². The Kier molecular flexibility index (Phi) is 9.40. The molecule has 0 aliphatic heterocycles. The molecular weight excluding hydrogens is 905 g/mol. The summed E-state index contributed by atoms with van der Waals surface area (Å²) >= 11 is 0. The number of fused-ring (bicyclic) bond motifs is 9. The molecule has 15 rings (SSSR count). The second-order valence-corrected chi connectivity index (χ2v) is 18.7. The number of rotatable bonds is 8. The van der Waals surface area contributed by atoms with E-state index in [9.17, 15) is 0 Å². The summed E-state index contributed by atoms with van der Waals surface area (Å²) in [6.07, 6.45) is 0. The molecule has 15 aromatic rings. The molecule has 0 aliphatic carbocycles. The number of hydrogen-bond acceptors (Lipinski definition) is 4. The summed E-state index contributed by atoms with van der Waals surface area (Å²) in [4.78, 5) is 20.9. The lowest BCUT2D eigenvalue weighted by molar-refractivity contribution is 0.953. The van der Waals surface area contributed by atoms with Crippen LogP contribution in [0.3, 0.4) is 0 Å². The Balaban J connectivity index is 0.973. The van der Waals surface area contributed by atoms with Gasteiger partial charge in [-0.15, -0.1) is 0 Å². The average molecular weight is 947 g/mol. The summed E-state index contributed by atoms with van der Waals surface area (Å²) in [5.74, 6) is 2.70. The smallest absolute Gasteiger partial charge is 0.238 e. The van der Waals surface area contributed by atoms with E-state index in [2.05, 4.69) is 212 Å². The number of hydrogen-bond donors (Lipinski definition) is 0. The van der Waals surface area contributed by atoms with E-state index in [0.29, 0.717) is 17.6 Å². The zero-order valence-corrected chi connectivity index (χ0v) is 39.8. The van der Waals surface area contributed by atoms with Gasteiger partial charge in [0.25, 0.3) is 0 Å². The van der Waals surface area contributed by atoms with E-state index in [-0.39, 0.29) is 0 Å². The molecular formula is C66H42N8. The fraction of sp³-hybridized carbons (Fsp3) is 0. The molecule has 5 heterocycles. The first-order valence-corrected chi connectivity index (χ1v) is 24.9. The van der Waals surface area contributed by atoms with Crippen LogP contribution < -0.4 is 0 Å². The summed E-state index contributed by atoms with van der Waals surface area (Å²) in [6.45, 7) is 0. The van der Waals surface area contributed by atoms with Gasteiger partial charge in [0.05, 0.1) is 27.6 Å². The minimum atomic E-state index is 0.567. The van der Waals surface area contributed by atoms with Gasteiger partial charge < -0.3 is 4.57 Å². The lowest BCUT2D eigenvalue weighted by atomic mass is 10.0. The number of aromatic nitrogens is 8. The predicted molar refractivity (Wildman–Crippen MR) is 302 cm³/mol. The quantitative estimate of drug-likeness (QED) is 0.152. The van der Waals surface area contributed by atoms with E-state index in [0.717, 1.165) is 116 Å². The van der Waals surface area contributed by atoms with Gasteiger partial charge in [-0.1, -0.05) is 176 Å². The highest BCUT2D eigenvalue weighted by Crippen LogP contribution is 2.44. The topological polar surface area (TPSA) is 71.3 Å². The molecule has 0 atom stereocenters. The predicted octanol–water partition coefficient (Wildman–Crippen LogP) is 16.0. The van der Waals surface area contributed by atoms with Gasteiger partial charge in [-0.2, -0.15) is 9.97 Å². The highest BCUT2D eigenvalue weighted by molar-refractivity contribution is 6.19.